The summed E-state index contributed by atoms with van der Waals surface area (Å²) in [6.07, 6.45) is 0. The van der Waals surface area contributed by atoms with Crippen molar-refractivity contribution >= 4 is 11.8 Å². The van der Waals surface area contributed by atoms with E-state index in [1.54, 1.807) is 25.1 Å². The summed E-state index contributed by atoms with van der Waals surface area (Å²) in [7, 11) is 0. The molecule has 0 aliphatic carbocycles. The summed E-state index contributed by atoms with van der Waals surface area (Å²) in [6.45, 7) is 6.13. The lowest BCUT2D eigenvalue weighted by Gasteiger charge is -2.08. The van der Waals surface area contributed by atoms with Gasteiger partial charge in [0.05, 0.1) is 13.2 Å². The number of rotatable bonds is 5. The van der Waals surface area contributed by atoms with E-state index < -0.39 is 11.8 Å². The highest BCUT2D eigenvalue weighted by Crippen LogP contribution is 2.19. The molecule has 0 radical (unpaired) electrons. The minimum absolute atomic E-state index is 0.195. The highest BCUT2D eigenvalue weighted by atomic mass is 16.5. The monoisotopic (exact) mass is 236 g/mol. The predicted octanol–water partition coefficient (Wildman–Crippen LogP) is 2.14. The van der Waals surface area contributed by atoms with Crippen LogP contribution in [0.1, 0.15) is 29.8 Å². The van der Waals surface area contributed by atoms with Crippen molar-refractivity contribution in [2.75, 3.05) is 13.2 Å². The van der Waals surface area contributed by atoms with Gasteiger partial charge in [-0.25, -0.2) is 4.79 Å². The molecule has 0 bridgehead atoms. The van der Waals surface area contributed by atoms with E-state index >= 15 is 0 Å². The van der Waals surface area contributed by atoms with Gasteiger partial charge in [0.25, 0.3) is 5.78 Å². The van der Waals surface area contributed by atoms with E-state index in [0.717, 1.165) is 5.56 Å². The summed E-state index contributed by atoms with van der Waals surface area (Å²) < 4.78 is 10.0. The summed E-state index contributed by atoms with van der Waals surface area (Å²) in [5.41, 5.74) is 1.14. The second-order valence-corrected chi connectivity index (χ2v) is 3.46. The van der Waals surface area contributed by atoms with Crippen LogP contribution in [0.5, 0.6) is 5.75 Å². The van der Waals surface area contributed by atoms with Crippen LogP contribution in [-0.2, 0) is 9.53 Å². The molecule has 0 fully saturated rings. The minimum Gasteiger partial charge on any atom is -0.494 e. The maximum Gasteiger partial charge on any atom is 0.379 e. The van der Waals surface area contributed by atoms with Gasteiger partial charge in [-0.15, -0.1) is 0 Å². The Balaban J connectivity index is 2.89. The largest absolute Gasteiger partial charge is 0.494 e. The van der Waals surface area contributed by atoms with Crippen LogP contribution in [0.4, 0.5) is 0 Å². The Hall–Kier alpha value is -1.84. The van der Waals surface area contributed by atoms with Gasteiger partial charge in [0.1, 0.15) is 5.75 Å². The third-order valence-corrected chi connectivity index (χ3v) is 2.20. The molecule has 4 nitrogen and oxygen atoms in total. The standard InChI is InChI=1S/C13H16O4/c1-4-16-11-7-6-10(8-9(11)3)12(14)13(15)17-5-2/h6-8H,4-5H2,1-3H3. The van der Waals surface area contributed by atoms with E-state index in [0.29, 0.717) is 17.9 Å². The average molecular weight is 236 g/mol. The number of carbonyl (C=O) groups is 2. The Morgan fingerprint density at radius 2 is 1.88 bits per heavy atom. The first-order valence-electron chi connectivity index (χ1n) is 5.55. The molecule has 0 N–H and O–H groups in total. The summed E-state index contributed by atoms with van der Waals surface area (Å²) >= 11 is 0. The Kier molecular flexibility index (Phi) is 4.69. The average Bonchev–Trinajstić information content (AvgIpc) is 2.31. The van der Waals surface area contributed by atoms with Crippen molar-refractivity contribution in [2.45, 2.75) is 20.8 Å². The fraction of sp³-hybridized carbons (Fsp3) is 0.385. The van der Waals surface area contributed by atoms with Crippen LogP contribution in [0.2, 0.25) is 0 Å². The van der Waals surface area contributed by atoms with E-state index in [-0.39, 0.29) is 6.61 Å². The molecule has 17 heavy (non-hydrogen) atoms. The zero-order chi connectivity index (χ0) is 12.8. The maximum atomic E-state index is 11.6. The molecule has 0 heterocycles. The fourth-order valence-corrected chi connectivity index (χ4v) is 1.42. The third kappa shape index (κ3) is 3.31. The summed E-state index contributed by atoms with van der Waals surface area (Å²) in [6, 6.07) is 4.88. The van der Waals surface area contributed by atoms with Gasteiger partial charge < -0.3 is 9.47 Å². The fourth-order valence-electron chi connectivity index (χ4n) is 1.42. The first-order valence-corrected chi connectivity index (χ1v) is 5.55. The quantitative estimate of drug-likeness (QED) is 0.446. The van der Waals surface area contributed by atoms with Gasteiger partial charge in [-0.1, -0.05) is 0 Å². The van der Waals surface area contributed by atoms with Gasteiger partial charge in [-0.05, 0) is 44.5 Å². The highest BCUT2D eigenvalue weighted by molar-refractivity contribution is 6.40. The molecule has 0 saturated heterocycles. The lowest BCUT2D eigenvalue weighted by atomic mass is 10.1. The molecule has 0 atom stereocenters. The zero-order valence-corrected chi connectivity index (χ0v) is 10.3. The highest BCUT2D eigenvalue weighted by Gasteiger charge is 2.18. The van der Waals surface area contributed by atoms with Crippen molar-refractivity contribution in [1.29, 1.82) is 0 Å². The van der Waals surface area contributed by atoms with E-state index in [9.17, 15) is 9.59 Å². The molecule has 4 heteroatoms. The SMILES string of the molecule is CCOC(=O)C(=O)c1ccc(OCC)c(C)c1. The molecular formula is C13H16O4. The summed E-state index contributed by atoms with van der Waals surface area (Å²) in [4.78, 5) is 22.9. The molecule has 0 aliphatic rings. The van der Waals surface area contributed by atoms with Crippen LogP contribution in [0.3, 0.4) is 0 Å². The number of Topliss-reactive ketones (excluding diaryl/α,β-unsaturated/α-hetero) is 1. The lowest BCUT2D eigenvalue weighted by Crippen LogP contribution is -2.17. The number of ketones is 1. The van der Waals surface area contributed by atoms with Crippen LogP contribution in [0, 0.1) is 6.92 Å². The molecule has 0 unspecified atom stereocenters. The number of aryl methyl sites for hydroxylation is 1. The Morgan fingerprint density at radius 1 is 1.18 bits per heavy atom. The van der Waals surface area contributed by atoms with Crippen LogP contribution in [0.25, 0.3) is 0 Å². The van der Waals surface area contributed by atoms with E-state index in [2.05, 4.69) is 4.74 Å². The van der Waals surface area contributed by atoms with Crippen LogP contribution < -0.4 is 4.74 Å². The lowest BCUT2D eigenvalue weighted by molar-refractivity contribution is -0.137. The first kappa shape index (κ1) is 13.2. The van der Waals surface area contributed by atoms with Crippen LogP contribution in [-0.4, -0.2) is 25.0 Å². The summed E-state index contributed by atoms with van der Waals surface area (Å²) in [5, 5.41) is 0. The third-order valence-electron chi connectivity index (χ3n) is 2.20. The molecule has 92 valence electrons. The number of esters is 1. The van der Waals surface area contributed by atoms with E-state index in [1.165, 1.54) is 0 Å². The number of benzene rings is 1. The Morgan fingerprint density at radius 3 is 2.41 bits per heavy atom. The maximum absolute atomic E-state index is 11.6. The molecule has 0 spiro atoms. The number of hydrogen-bond donors (Lipinski definition) is 0. The van der Waals surface area contributed by atoms with Crippen molar-refractivity contribution < 1.29 is 19.1 Å². The summed E-state index contributed by atoms with van der Waals surface area (Å²) in [5.74, 6) is -0.734. The smallest absolute Gasteiger partial charge is 0.379 e. The second kappa shape index (κ2) is 6.03. The van der Waals surface area contributed by atoms with Gasteiger partial charge in [-0.2, -0.15) is 0 Å². The number of carbonyl (C=O) groups excluding carboxylic acids is 2. The van der Waals surface area contributed by atoms with Crippen molar-refractivity contribution in [2.24, 2.45) is 0 Å². The topological polar surface area (TPSA) is 52.6 Å². The molecule has 0 saturated carbocycles. The van der Waals surface area contributed by atoms with Gasteiger partial charge in [-0.3, -0.25) is 4.79 Å². The van der Waals surface area contributed by atoms with Crippen molar-refractivity contribution in [3.05, 3.63) is 29.3 Å². The molecule has 1 aromatic rings. The second-order valence-electron chi connectivity index (χ2n) is 3.46. The molecule has 0 aliphatic heterocycles. The molecule has 1 aromatic carbocycles. The van der Waals surface area contributed by atoms with Gasteiger partial charge in [0.2, 0.25) is 0 Å². The predicted molar refractivity (Wildman–Crippen MR) is 63.3 cm³/mol. The van der Waals surface area contributed by atoms with Crippen LogP contribution in [0.15, 0.2) is 18.2 Å². The van der Waals surface area contributed by atoms with Gasteiger partial charge >= 0.3 is 5.97 Å². The van der Waals surface area contributed by atoms with Gasteiger partial charge in [0.15, 0.2) is 0 Å². The number of ether oxygens (including phenoxy) is 2. The van der Waals surface area contributed by atoms with E-state index in [4.69, 9.17) is 4.74 Å². The van der Waals surface area contributed by atoms with Gasteiger partial charge in [0, 0.05) is 5.56 Å². The molecule has 1 rings (SSSR count). The minimum atomic E-state index is -0.823. The first-order chi connectivity index (χ1) is 8.10. The molecule has 0 amide bonds. The zero-order valence-electron chi connectivity index (χ0n) is 10.3. The molecule has 0 aromatic heterocycles. The van der Waals surface area contributed by atoms with Crippen molar-refractivity contribution in [3.63, 3.8) is 0 Å². The molecular weight excluding hydrogens is 220 g/mol. The van der Waals surface area contributed by atoms with Crippen molar-refractivity contribution in [3.8, 4) is 5.75 Å². The Bertz CT molecular complexity index is 423. The van der Waals surface area contributed by atoms with E-state index in [1.807, 2.05) is 13.8 Å². The van der Waals surface area contributed by atoms with Crippen molar-refractivity contribution in [1.82, 2.24) is 0 Å². The normalized spacial score (nSPS) is 9.82. The van der Waals surface area contributed by atoms with Crippen LogP contribution >= 0.6 is 0 Å². The Labute approximate surface area is 101 Å². The number of hydrogen-bond acceptors (Lipinski definition) is 4.